The van der Waals surface area contributed by atoms with Crippen molar-refractivity contribution < 1.29 is 128 Å². The summed E-state index contributed by atoms with van der Waals surface area (Å²) in [4.78, 5) is 156. The van der Waals surface area contributed by atoms with Crippen molar-refractivity contribution in [2.45, 2.75) is 205 Å². The molecule has 1 aliphatic heterocycles. The molecule has 0 bridgehead atoms. The number of amides is 11. The first kappa shape index (κ1) is 97.5. The molecule has 13 atom stereocenters. The molecule has 1 aliphatic rings. The van der Waals surface area contributed by atoms with Crippen LogP contribution in [0.2, 0.25) is 0 Å². The lowest BCUT2D eigenvalue weighted by Crippen LogP contribution is -2.61. The molecule has 13 unspecified atom stereocenters. The molecule has 1 heterocycles. The molecule has 0 aliphatic carbocycles. The third kappa shape index (κ3) is 44.0. The molecule has 0 aromatic carbocycles. The second-order valence-corrected chi connectivity index (χ2v) is 33.6. The number of nitrogens with one attached hydrogen (secondary N) is 16. The standard InChI is InChI=1S/C57H108N16O28S5/c1-9-34(6)11-10-12-45(76)65-39(13-19-58-27-102(87,88)89)52(81)73-47(36(8)75)57(86)69-41(15-21-60-29-104(93,94)95)51(80)66-38-18-24-63-56(85)46(35(7)74)72-53(82)42(16-22-61-30-105(96,97)98)67-50(79)40(14-20-59-28-103(90,91)92)68-54(83)43(25-32(2)3)71-55(84)44(26-33(4)5)70-49(78)37(17-23-62-48(38)77)64-31-106(99,100)101/h32-44,46-47,58-61,64,74-75H,9-31H2,1-8H3,(H,62,77)(H,63,85)(H,65,76)(H,66,80)(H,67,79)(H,68,83)(H,69,86)(H,70,78)(H,71,84)(H,72,82)(H,73,81)(H,87,88,89)(H,90,91,92)(H,93,94,95)(H,96,97,98)(H,99,100,101). The number of aliphatic hydroxyl groups excluding tert-OH is 2. The third-order valence-electron chi connectivity index (χ3n) is 15.7. The van der Waals surface area contributed by atoms with Crippen LogP contribution >= 0.6 is 0 Å². The van der Waals surface area contributed by atoms with E-state index in [1.165, 1.54) is 0 Å². The van der Waals surface area contributed by atoms with Crippen LogP contribution in [0.4, 0.5) is 0 Å². The molecular formula is C57H108N16O28S5. The van der Waals surface area contributed by atoms with Gasteiger partial charge in [0.25, 0.3) is 50.6 Å². The highest BCUT2D eigenvalue weighted by Crippen LogP contribution is 2.14. The number of hydrogen-bond acceptors (Lipinski definition) is 28. The number of rotatable bonds is 41. The molecule has 0 spiro atoms. The van der Waals surface area contributed by atoms with Crippen molar-refractivity contribution in [3.8, 4) is 0 Å². The molecule has 1 rings (SSSR count). The van der Waals surface area contributed by atoms with E-state index >= 15 is 0 Å². The minimum Gasteiger partial charge on any atom is -0.391 e. The molecule has 0 saturated carbocycles. The highest BCUT2D eigenvalue weighted by molar-refractivity contribution is 7.86. The average molecular weight is 1630 g/mol. The predicted octanol–water partition coefficient (Wildman–Crippen LogP) is -8.45. The van der Waals surface area contributed by atoms with Crippen molar-refractivity contribution in [3.63, 3.8) is 0 Å². The monoisotopic (exact) mass is 1620 g/mol. The van der Waals surface area contributed by atoms with Crippen LogP contribution in [0.3, 0.4) is 0 Å². The quantitative estimate of drug-likeness (QED) is 0.0200. The van der Waals surface area contributed by atoms with Crippen molar-refractivity contribution in [1.82, 2.24) is 85.1 Å². The molecule has 0 radical (unpaired) electrons. The molecule has 0 aromatic rings. The summed E-state index contributed by atoms with van der Waals surface area (Å²) in [5.41, 5.74) is 0. The van der Waals surface area contributed by atoms with Gasteiger partial charge in [-0.1, -0.05) is 54.4 Å². The van der Waals surface area contributed by atoms with Gasteiger partial charge in [0, 0.05) is 19.5 Å². The SMILES string of the molecule is CCC(C)CCCC(=O)NC(CCNCS(=O)(=O)O)C(=O)NC(C(=O)NC(CCNCS(=O)(=O)O)C(=O)NC1CCNC(=O)C(C(C)O)NC(=O)C(CCNCS(=O)(=O)O)NC(=O)C(CCNCS(=O)(=O)O)NC(=O)C(CC(C)C)NC(=O)C(CC(C)C)NC(=O)C(NCS(=O)(=O)O)CCNC1=O)C(C)O. The first-order valence-electron chi connectivity index (χ1n) is 33.9. The summed E-state index contributed by atoms with van der Waals surface area (Å²) >= 11 is 0. The lowest BCUT2D eigenvalue weighted by Gasteiger charge is -2.29. The van der Waals surface area contributed by atoms with E-state index in [-0.39, 0.29) is 38.1 Å². The van der Waals surface area contributed by atoms with E-state index in [4.69, 9.17) is 0 Å². The zero-order valence-electron chi connectivity index (χ0n) is 60.2. The smallest absolute Gasteiger partial charge is 0.278 e. The third-order valence-corrected chi connectivity index (χ3v) is 18.5. The Balaban J connectivity index is 4.24. The van der Waals surface area contributed by atoms with Gasteiger partial charge >= 0.3 is 0 Å². The van der Waals surface area contributed by atoms with Crippen LogP contribution in [0.5, 0.6) is 0 Å². The maximum atomic E-state index is 14.6. The van der Waals surface area contributed by atoms with E-state index in [1.807, 2.05) is 13.8 Å². The highest BCUT2D eigenvalue weighted by Gasteiger charge is 2.38. The predicted molar refractivity (Wildman–Crippen MR) is 378 cm³/mol. The van der Waals surface area contributed by atoms with Crippen LogP contribution in [-0.2, 0) is 103 Å². The van der Waals surface area contributed by atoms with Crippen LogP contribution in [-0.4, -0.2) is 281 Å². The van der Waals surface area contributed by atoms with E-state index in [0.29, 0.717) is 12.8 Å². The zero-order chi connectivity index (χ0) is 81.1. The van der Waals surface area contributed by atoms with Gasteiger partial charge in [-0.15, -0.1) is 0 Å². The Morgan fingerprint density at radius 2 is 0.849 bits per heavy atom. The molecule has 11 amide bonds. The Morgan fingerprint density at radius 1 is 0.453 bits per heavy atom. The van der Waals surface area contributed by atoms with Gasteiger partial charge in [-0.05, 0) is 116 Å². The lowest BCUT2D eigenvalue weighted by molar-refractivity contribution is -0.136. The van der Waals surface area contributed by atoms with Crippen molar-refractivity contribution in [2.75, 3.05) is 68.7 Å². The van der Waals surface area contributed by atoms with Crippen LogP contribution in [0, 0.1) is 17.8 Å². The molecular weight excluding hydrogens is 1520 g/mol. The van der Waals surface area contributed by atoms with Gasteiger partial charge in [-0.3, -0.25) is 80.8 Å². The Labute approximate surface area is 616 Å². The second kappa shape index (κ2) is 47.4. The first-order chi connectivity index (χ1) is 48.9. The van der Waals surface area contributed by atoms with E-state index in [1.54, 1.807) is 27.7 Å². The van der Waals surface area contributed by atoms with E-state index in [9.17, 15) is 128 Å². The Hall–Kier alpha value is -6.56. The van der Waals surface area contributed by atoms with Gasteiger partial charge in [0.05, 0.1) is 18.2 Å². The van der Waals surface area contributed by atoms with Crippen molar-refractivity contribution in [2.24, 2.45) is 17.8 Å². The Morgan fingerprint density at radius 3 is 1.27 bits per heavy atom. The molecule has 23 N–H and O–H groups in total. The topological polar surface area (TPSA) is 693 Å². The summed E-state index contributed by atoms with van der Waals surface area (Å²) in [5.74, 6) is -18.9. The summed E-state index contributed by atoms with van der Waals surface area (Å²) in [7, 11) is -23.6. The normalized spacial score (nSPS) is 21.8. The summed E-state index contributed by atoms with van der Waals surface area (Å²) in [6, 6.07) is -18.1. The van der Waals surface area contributed by atoms with Gasteiger partial charge in [0.2, 0.25) is 65.0 Å². The number of carbonyl (C=O) groups excluding carboxylic acids is 11. The summed E-state index contributed by atoms with van der Waals surface area (Å²) < 4.78 is 164. The second-order valence-electron chi connectivity index (χ2n) is 26.3. The molecule has 1 saturated heterocycles. The molecule has 614 valence electrons. The molecule has 44 nitrogen and oxygen atoms in total. The van der Waals surface area contributed by atoms with Crippen LogP contribution < -0.4 is 85.1 Å². The Bertz CT molecular complexity index is 3500. The van der Waals surface area contributed by atoms with E-state index in [2.05, 4.69) is 85.1 Å². The molecule has 0 aromatic heterocycles. The van der Waals surface area contributed by atoms with Gasteiger partial charge < -0.3 is 90.0 Å². The van der Waals surface area contributed by atoms with Gasteiger partial charge in [0.15, 0.2) is 0 Å². The molecule has 106 heavy (non-hydrogen) atoms. The van der Waals surface area contributed by atoms with Crippen LogP contribution in [0.1, 0.15) is 132 Å². The van der Waals surface area contributed by atoms with Crippen molar-refractivity contribution in [3.05, 3.63) is 0 Å². The summed E-state index contributed by atoms with van der Waals surface area (Å²) in [6.07, 6.45) is -5.89. The minimum absolute atomic E-state index is 0.0825. The fourth-order valence-corrected chi connectivity index (χ4v) is 12.0. The summed E-state index contributed by atoms with van der Waals surface area (Å²) in [5, 5.41) is 59.6. The number of hydrogen-bond donors (Lipinski definition) is 23. The highest BCUT2D eigenvalue weighted by atomic mass is 32.2. The average Bonchev–Trinajstić information content (AvgIpc) is 0.896. The van der Waals surface area contributed by atoms with Crippen LogP contribution in [0.15, 0.2) is 0 Å². The largest absolute Gasteiger partial charge is 0.391 e. The van der Waals surface area contributed by atoms with Crippen molar-refractivity contribution >= 4 is 116 Å². The zero-order valence-corrected chi connectivity index (χ0v) is 64.3. The number of carbonyl (C=O) groups is 11. The minimum atomic E-state index is -4.95. The number of aliphatic hydroxyl groups is 2. The summed E-state index contributed by atoms with van der Waals surface area (Å²) in [6.45, 7) is 9.13. The molecule has 49 heteroatoms. The maximum Gasteiger partial charge on any atom is 0.278 e. The lowest BCUT2D eigenvalue weighted by atomic mass is 9.99. The fourth-order valence-electron chi connectivity index (χ4n) is 10.0. The van der Waals surface area contributed by atoms with Crippen LogP contribution in [0.25, 0.3) is 0 Å². The first-order valence-corrected chi connectivity index (χ1v) is 41.9. The van der Waals surface area contributed by atoms with E-state index < -0.39 is 294 Å². The van der Waals surface area contributed by atoms with Gasteiger partial charge in [-0.2, -0.15) is 42.1 Å². The fraction of sp³-hybridized carbons (Fsp3) is 0.807. The molecule has 1 fully saturated rings. The maximum absolute atomic E-state index is 14.6. The van der Waals surface area contributed by atoms with Crippen molar-refractivity contribution in [1.29, 1.82) is 0 Å². The van der Waals surface area contributed by atoms with Gasteiger partial charge in [0.1, 0.15) is 83.8 Å². The van der Waals surface area contributed by atoms with E-state index in [0.717, 1.165) is 20.3 Å². The Kier molecular flexibility index (Phi) is 43.6. The van der Waals surface area contributed by atoms with Gasteiger partial charge in [-0.25, -0.2) is 0 Å².